The van der Waals surface area contributed by atoms with Crippen LogP contribution >= 0.6 is 0 Å². The predicted molar refractivity (Wildman–Crippen MR) is 69.9 cm³/mol. The van der Waals surface area contributed by atoms with Crippen LogP contribution in [0, 0.1) is 12.3 Å². The van der Waals surface area contributed by atoms with E-state index >= 15 is 0 Å². The first-order valence-corrected chi connectivity index (χ1v) is 6.07. The second-order valence-electron chi connectivity index (χ2n) is 4.95. The average Bonchev–Trinajstić information content (AvgIpc) is 2.78. The molecule has 2 rings (SSSR count). The maximum Gasteiger partial charge on any atom is 0 e. The van der Waals surface area contributed by atoms with Gasteiger partial charge in [-0.3, -0.25) is 0 Å². The van der Waals surface area contributed by atoms with Crippen molar-refractivity contribution in [1.82, 2.24) is 9.97 Å². The molecule has 0 aliphatic rings. The fourth-order valence-corrected chi connectivity index (χ4v) is 1.65. The van der Waals surface area contributed by atoms with Gasteiger partial charge in [0.05, 0.1) is 0 Å². The van der Waals surface area contributed by atoms with Gasteiger partial charge in [-0.25, -0.2) is 11.6 Å². The topological polar surface area (TPSA) is 28.7 Å². The second kappa shape index (κ2) is 6.63. The molecule has 0 amide bonds. The summed E-state index contributed by atoms with van der Waals surface area (Å²) in [5.74, 6) is 1.91. The maximum absolute atomic E-state index is 4.25. The van der Waals surface area contributed by atoms with E-state index in [0.717, 1.165) is 17.1 Å². The van der Waals surface area contributed by atoms with E-state index in [0.29, 0.717) is 11.8 Å². The van der Waals surface area contributed by atoms with Gasteiger partial charge in [-0.2, -0.15) is 18.2 Å². The number of imidazole rings is 1. The van der Waals surface area contributed by atoms with Gasteiger partial charge < -0.3 is 9.97 Å². The molecule has 0 unspecified atom stereocenters. The molecule has 0 saturated carbocycles. The summed E-state index contributed by atoms with van der Waals surface area (Å²) >= 11 is 0. The van der Waals surface area contributed by atoms with E-state index in [2.05, 4.69) is 62.1 Å². The third-order valence-electron chi connectivity index (χ3n) is 2.86. The monoisotopic (exact) mass is 315 g/mol. The molecule has 3 heteroatoms. The fraction of sp³-hybridized carbons (Fsp3) is 0.400. The van der Waals surface area contributed by atoms with E-state index in [9.17, 15) is 0 Å². The van der Waals surface area contributed by atoms with Gasteiger partial charge in [-0.15, -0.1) is 17.5 Å². The van der Waals surface area contributed by atoms with E-state index in [-0.39, 0.29) is 32.7 Å². The Kier molecular flexibility index (Phi) is 5.74. The zero-order valence-corrected chi connectivity index (χ0v) is 14.2. The van der Waals surface area contributed by atoms with Crippen molar-refractivity contribution < 1.29 is 32.7 Å². The van der Waals surface area contributed by atoms with E-state index in [1.165, 1.54) is 5.56 Å². The molecule has 1 heterocycles. The van der Waals surface area contributed by atoms with Crippen molar-refractivity contribution in [2.45, 2.75) is 39.5 Å². The van der Waals surface area contributed by atoms with Gasteiger partial charge in [0.25, 0.3) is 0 Å². The summed E-state index contributed by atoms with van der Waals surface area (Å²) in [4.78, 5) is 7.53. The molecule has 1 N–H and O–H groups in total. The number of nitrogens with zero attached hydrogens (tertiary/aromatic N) is 1. The molecule has 18 heavy (non-hydrogen) atoms. The molecule has 1 aromatic carbocycles. The van der Waals surface area contributed by atoms with Gasteiger partial charge in [0, 0.05) is 32.7 Å². The molecule has 2 nitrogen and oxygen atoms in total. The summed E-state index contributed by atoms with van der Waals surface area (Å²) in [5.41, 5.74) is 3.25. The Morgan fingerprint density at radius 1 is 1.11 bits per heavy atom. The molecule has 2 aromatic rings. The largest absolute Gasteiger partial charge is 0.455 e. The Morgan fingerprint density at radius 3 is 2.28 bits per heavy atom. The minimum Gasteiger partial charge on any atom is -0.455 e. The first-order valence-electron chi connectivity index (χ1n) is 6.07. The molecule has 0 atom stereocenters. The molecular formula is C15H18N2Y-2. The Bertz CT molecular complexity index is 483. The molecule has 0 fully saturated rings. The van der Waals surface area contributed by atoms with Crippen molar-refractivity contribution in [3.63, 3.8) is 0 Å². The van der Waals surface area contributed by atoms with Gasteiger partial charge in [0.15, 0.2) is 0 Å². The van der Waals surface area contributed by atoms with Crippen LogP contribution in [0.15, 0.2) is 18.2 Å². The number of H-pyrrole nitrogens is 1. The Balaban J connectivity index is 0.00000162. The molecule has 0 spiro atoms. The van der Waals surface area contributed by atoms with Gasteiger partial charge in [-0.05, 0) is 11.7 Å². The number of hydrogen-bond acceptors (Lipinski definition) is 1. The predicted octanol–water partition coefficient (Wildman–Crippen LogP) is 3.92. The molecule has 0 aliphatic carbocycles. The van der Waals surface area contributed by atoms with E-state index in [4.69, 9.17) is 0 Å². The summed E-state index contributed by atoms with van der Waals surface area (Å²) in [7, 11) is 0. The minimum atomic E-state index is 0. The summed E-state index contributed by atoms with van der Waals surface area (Å²) < 4.78 is 0. The number of rotatable bonds is 3. The summed E-state index contributed by atoms with van der Waals surface area (Å²) in [6.07, 6.45) is 3.02. The van der Waals surface area contributed by atoms with Crippen LogP contribution in [0.1, 0.15) is 50.9 Å². The summed E-state index contributed by atoms with van der Waals surface area (Å²) in [6.45, 7) is 8.59. The Hall–Kier alpha value is -0.466. The molecule has 0 aliphatic heterocycles. The van der Waals surface area contributed by atoms with Gasteiger partial charge in [-0.1, -0.05) is 33.6 Å². The third-order valence-corrected chi connectivity index (χ3v) is 2.86. The van der Waals surface area contributed by atoms with Crippen molar-refractivity contribution in [2.24, 2.45) is 0 Å². The number of aromatic nitrogens is 2. The normalized spacial score (nSPS) is 10.8. The smallest absolute Gasteiger partial charge is 0 e. The average molecular weight is 315 g/mol. The Morgan fingerprint density at radius 2 is 1.83 bits per heavy atom. The van der Waals surface area contributed by atoms with Crippen LogP contribution in [0.5, 0.6) is 0 Å². The minimum absolute atomic E-state index is 0. The van der Waals surface area contributed by atoms with Crippen molar-refractivity contribution in [3.8, 4) is 11.3 Å². The van der Waals surface area contributed by atoms with Crippen LogP contribution in [0.2, 0.25) is 0 Å². The molecular weight excluding hydrogens is 297 g/mol. The van der Waals surface area contributed by atoms with Gasteiger partial charge >= 0.3 is 0 Å². The number of benzene rings is 1. The van der Waals surface area contributed by atoms with E-state index in [1.54, 1.807) is 0 Å². The van der Waals surface area contributed by atoms with Crippen molar-refractivity contribution in [3.05, 3.63) is 41.9 Å². The fourth-order valence-electron chi connectivity index (χ4n) is 1.65. The van der Waals surface area contributed by atoms with Crippen LogP contribution < -0.4 is 0 Å². The molecule has 1 aromatic heterocycles. The molecule has 1 radical (unpaired) electrons. The quantitative estimate of drug-likeness (QED) is 0.855. The summed E-state index contributed by atoms with van der Waals surface area (Å²) in [5, 5.41) is 0. The van der Waals surface area contributed by atoms with Gasteiger partial charge in [0.2, 0.25) is 0 Å². The zero-order valence-electron chi connectivity index (χ0n) is 11.4. The third kappa shape index (κ3) is 3.52. The number of hydrogen-bond donors (Lipinski definition) is 1. The van der Waals surface area contributed by atoms with Crippen molar-refractivity contribution >= 4 is 0 Å². The number of aromatic amines is 1. The number of nitrogens with one attached hydrogen (secondary N) is 1. The first kappa shape index (κ1) is 15.6. The van der Waals surface area contributed by atoms with Crippen LogP contribution in [0.4, 0.5) is 0 Å². The SMILES string of the molecule is CC(C)c1c[c-]c(-c2[c-]nc(C(C)C)[nH]2)cc1.[Y]. The Labute approximate surface area is 134 Å². The van der Waals surface area contributed by atoms with Gasteiger partial charge in [0.1, 0.15) is 0 Å². The van der Waals surface area contributed by atoms with E-state index in [1.807, 2.05) is 6.07 Å². The van der Waals surface area contributed by atoms with Crippen LogP contribution in [0.3, 0.4) is 0 Å². The van der Waals surface area contributed by atoms with Crippen LogP contribution in [0.25, 0.3) is 11.3 Å². The maximum atomic E-state index is 4.25. The van der Waals surface area contributed by atoms with Crippen LogP contribution in [-0.4, -0.2) is 9.97 Å². The second-order valence-corrected chi connectivity index (χ2v) is 4.95. The standard InChI is InChI=1S/C15H18N2.Y/c1-10(2)12-5-7-13(8-6-12)14-9-16-15(17-14)11(3)4;/h5-7,10-11H,1-4H3,(H,16,17);/q-2;. The molecule has 0 bridgehead atoms. The zero-order chi connectivity index (χ0) is 12.4. The first-order chi connectivity index (χ1) is 8.08. The van der Waals surface area contributed by atoms with Crippen molar-refractivity contribution in [2.75, 3.05) is 0 Å². The molecule has 93 valence electrons. The molecule has 0 saturated heterocycles. The van der Waals surface area contributed by atoms with Crippen LogP contribution in [-0.2, 0) is 32.7 Å². The van der Waals surface area contributed by atoms with Crippen molar-refractivity contribution in [1.29, 1.82) is 0 Å². The summed E-state index contributed by atoms with van der Waals surface area (Å²) in [6, 6.07) is 9.54. The van der Waals surface area contributed by atoms with E-state index < -0.39 is 0 Å².